The van der Waals surface area contributed by atoms with Crippen molar-refractivity contribution in [2.45, 2.75) is 26.2 Å². The molecule has 0 spiro atoms. The zero-order valence-corrected chi connectivity index (χ0v) is 9.69. The number of fused-ring (bicyclic) bond motifs is 1. The summed E-state index contributed by atoms with van der Waals surface area (Å²) in [6.45, 7) is 4.67. The lowest BCUT2D eigenvalue weighted by atomic mass is 9.81. The van der Waals surface area contributed by atoms with E-state index >= 15 is 0 Å². The van der Waals surface area contributed by atoms with Crippen molar-refractivity contribution >= 4 is 5.78 Å². The second kappa shape index (κ2) is 4.52. The summed E-state index contributed by atoms with van der Waals surface area (Å²) in [5, 5.41) is 0. The lowest BCUT2D eigenvalue weighted by Gasteiger charge is -2.23. The van der Waals surface area contributed by atoms with Crippen LogP contribution in [0.5, 0.6) is 0 Å². The molecule has 0 N–H and O–H groups in total. The van der Waals surface area contributed by atoms with Gasteiger partial charge in [-0.2, -0.15) is 0 Å². The van der Waals surface area contributed by atoms with Gasteiger partial charge in [0.1, 0.15) is 0 Å². The predicted octanol–water partition coefficient (Wildman–Crippen LogP) is 3.30. The van der Waals surface area contributed by atoms with Gasteiger partial charge in [0, 0.05) is 11.1 Å². The highest BCUT2D eigenvalue weighted by atomic mass is 16.5. The number of rotatable bonds is 2. The van der Waals surface area contributed by atoms with Crippen molar-refractivity contribution in [1.29, 1.82) is 0 Å². The highest BCUT2D eigenvalue weighted by Gasteiger charge is 2.26. The van der Waals surface area contributed by atoms with Crippen molar-refractivity contribution in [2.75, 3.05) is 6.61 Å². The molecule has 0 bridgehead atoms. The molecule has 1 aromatic rings. The number of hydrogen-bond acceptors (Lipinski definition) is 2. The van der Waals surface area contributed by atoms with E-state index < -0.39 is 0 Å². The van der Waals surface area contributed by atoms with Crippen LogP contribution in [-0.2, 0) is 4.74 Å². The van der Waals surface area contributed by atoms with E-state index in [1.165, 1.54) is 0 Å². The molecule has 0 fully saturated rings. The Bertz CT molecular complexity index is 432. The molecule has 2 nitrogen and oxygen atoms in total. The SMILES string of the molecule is CCO/C=C1/CC(C)c2ccccc2C1=O. The normalized spacial score (nSPS) is 22.0. The summed E-state index contributed by atoms with van der Waals surface area (Å²) in [4.78, 5) is 12.1. The van der Waals surface area contributed by atoms with Crippen LogP contribution in [0.2, 0.25) is 0 Å². The number of allylic oxidation sites excluding steroid dienone is 1. The summed E-state index contributed by atoms with van der Waals surface area (Å²) in [6.07, 6.45) is 2.39. The number of benzene rings is 1. The average molecular weight is 216 g/mol. The van der Waals surface area contributed by atoms with E-state index in [0.717, 1.165) is 23.1 Å². The van der Waals surface area contributed by atoms with Crippen molar-refractivity contribution < 1.29 is 9.53 Å². The molecule has 0 radical (unpaired) electrons. The second-order valence-corrected chi connectivity index (χ2v) is 4.12. The zero-order chi connectivity index (χ0) is 11.5. The van der Waals surface area contributed by atoms with Crippen LogP contribution in [0.4, 0.5) is 0 Å². The van der Waals surface area contributed by atoms with Crippen LogP contribution in [-0.4, -0.2) is 12.4 Å². The van der Waals surface area contributed by atoms with Gasteiger partial charge in [-0.1, -0.05) is 31.2 Å². The first-order valence-corrected chi connectivity index (χ1v) is 5.68. The third kappa shape index (κ3) is 1.87. The summed E-state index contributed by atoms with van der Waals surface area (Å²) in [5.41, 5.74) is 2.77. The Morgan fingerprint density at radius 1 is 1.44 bits per heavy atom. The van der Waals surface area contributed by atoms with Crippen LogP contribution in [0.25, 0.3) is 0 Å². The molecule has 84 valence electrons. The average Bonchev–Trinajstić information content (AvgIpc) is 2.32. The Morgan fingerprint density at radius 3 is 2.94 bits per heavy atom. The van der Waals surface area contributed by atoms with Gasteiger partial charge >= 0.3 is 0 Å². The number of ketones is 1. The molecule has 1 aliphatic rings. The molecule has 1 aliphatic carbocycles. The van der Waals surface area contributed by atoms with E-state index in [1.807, 2.05) is 31.2 Å². The fourth-order valence-corrected chi connectivity index (χ4v) is 2.12. The maximum Gasteiger partial charge on any atom is 0.192 e. The Balaban J connectivity index is 2.38. The third-order valence-corrected chi connectivity index (χ3v) is 2.95. The van der Waals surface area contributed by atoms with Gasteiger partial charge in [0.15, 0.2) is 5.78 Å². The fraction of sp³-hybridized carbons (Fsp3) is 0.357. The first-order valence-electron chi connectivity index (χ1n) is 5.68. The van der Waals surface area contributed by atoms with E-state index in [1.54, 1.807) is 6.26 Å². The number of carbonyl (C=O) groups excluding carboxylic acids is 1. The monoisotopic (exact) mass is 216 g/mol. The van der Waals surface area contributed by atoms with Crippen molar-refractivity contribution in [2.24, 2.45) is 0 Å². The van der Waals surface area contributed by atoms with Gasteiger partial charge in [0.25, 0.3) is 0 Å². The molecule has 1 unspecified atom stereocenters. The fourth-order valence-electron chi connectivity index (χ4n) is 2.12. The van der Waals surface area contributed by atoms with E-state index in [2.05, 4.69) is 6.92 Å². The van der Waals surface area contributed by atoms with E-state index in [0.29, 0.717) is 12.5 Å². The highest BCUT2D eigenvalue weighted by Crippen LogP contribution is 2.33. The maximum absolute atomic E-state index is 12.1. The van der Waals surface area contributed by atoms with Gasteiger partial charge in [0.05, 0.1) is 12.9 Å². The minimum absolute atomic E-state index is 0.113. The van der Waals surface area contributed by atoms with Crippen molar-refractivity contribution in [3.05, 3.63) is 47.2 Å². The number of hydrogen-bond donors (Lipinski definition) is 0. The Morgan fingerprint density at radius 2 is 2.19 bits per heavy atom. The van der Waals surface area contributed by atoms with Gasteiger partial charge < -0.3 is 4.74 Å². The topological polar surface area (TPSA) is 26.3 Å². The number of Topliss-reactive ketones (excluding diaryl/α,β-unsaturated/α-hetero) is 1. The largest absolute Gasteiger partial charge is 0.501 e. The summed E-state index contributed by atoms with van der Waals surface area (Å²) < 4.78 is 5.22. The van der Waals surface area contributed by atoms with E-state index in [-0.39, 0.29) is 5.78 Å². The molecule has 1 atom stereocenters. The van der Waals surface area contributed by atoms with Crippen LogP contribution in [0.15, 0.2) is 36.1 Å². The molecule has 2 rings (SSSR count). The van der Waals surface area contributed by atoms with Gasteiger partial charge in [-0.3, -0.25) is 4.79 Å². The molecule has 0 aliphatic heterocycles. The predicted molar refractivity (Wildman–Crippen MR) is 63.5 cm³/mol. The van der Waals surface area contributed by atoms with Crippen LogP contribution in [0.3, 0.4) is 0 Å². The van der Waals surface area contributed by atoms with Gasteiger partial charge in [-0.15, -0.1) is 0 Å². The number of carbonyl (C=O) groups is 1. The first-order chi connectivity index (χ1) is 7.74. The Hall–Kier alpha value is -1.57. The maximum atomic E-state index is 12.1. The van der Waals surface area contributed by atoms with Crippen molar-refractivity contribution in [1.82, 2.24) is 0 Å². The van der Waals surface area contributed by atoms with Crippen LogP contribution < -0.4 is 0 Å². The summed E-state index contributed by atoms with van der Waals surface area (Å²) in [7, 11) is 0. The smallest absolute Gasteiger partial charge is 0.192 e. The van der Waals surface area contributed by atoms with Crippen LogP contribution in [0.1, 0.15) is 42.1 Å². The minimum atomic E-state index is 0.113. The summed E-state index contributed by atoms with van der Waals surface area (Å²) in [5.74, 6) is 0.503. The van der Waals surface area contributed by atoms with E-state index in [4.69, 9.17) is 4.74 Å². The van der Waals surface area contributed by atoms with Gasteiger partial charge in [0.2, 0.25) is 0 Å². The quantitative estimate of drug-likeness (QED) is 0.560. The molecule has 0 heterocycles. The molecule has 16 heavy (non-hydrogen) atoms. The molecule has 0 amide bonds. The van der Waals surface area contributed by atoms with Crippen LogP contribution in [0, 0.1) is 0 Å². The van der Waals surface area contributed by atoms with Gasteiger partial charge in [-0.25, -0.2) is 0 Å². The summed E-state index contributed by atoms with van der Waals surface area (Å²) in [6, 6.07) is 7.83. The lowest BCUT2D eigenvalue weighted by molar-refractivity contribution is 0.101. The standard InChI is InChI=1S/C14H16O2/c1-3-16-9-11-8-10(2)12-6-4-5-7-13(12)14(11)15/h4-7,9-10H,3,8H2,1-2H3/b11-9-. The highest BCUT2D eigenvalue weighted by molar-refractivity contribution is 6.10. The second-order valence-electron chi connectivity index (χ2n) is 4.12. The van der Waals surface area contributed by atoms with E-state index in [9.17, 15) is 4.79 Å². The Kier molecular flexibility index (Phi) is 3.09. The molecule has 2 heteroatoms. The lowest BCUT2D eigenvalue weighted by Crippen LogP contribution is -2.17. The summed E-state index contributed by atoms with van der Waals surface area (Å²) >= 11 is 0. The third-order valence-electron chi connectivity index (χ3n) is 2.95. The van der Waals surface area contributed by atoms with Crippen molar-refractivity contribution in [3.8, 4) is 0 Å². The first kappa shape index (κ1) is 10.9. The molecular formula is C14H16O2. The Labute approximate surface area is 95.9 Å². The molecule has 0 saturated carbocycles. The van der Waals surface area contributed by atoms with Crippen molar-refractivity contribution in [3.63, 3.8) is 0 Å². The molecular weight excluding hydrogens is 200 g/mol. The molecule has 0 aromatic heterocycles. The van der Waals surface area contributed by atoms with Crippen LogP contribution >= 0.6 is 0 Å². The molecule has 1 aromatic carbocycles. The van der Waals surface area contributed by atoms with Gasteiger partial charge in [-0.05, 0) is 24.8 Å². The minimum Gasteiger partial charge on any atom is -0.501 e. The molecule has 0 saturated heterocycles. The number of ether oxygens (including phenoxy) is 1. The zero-order valence-electron chi connectivity index (χ0n) is 9.69.